The van der Waals surface area contributed by atoms with Crippen molar-refractivity contribution in [2.75, 3.05) is 46.4 Å². The minimum Gasteiger partial charge on any atom is -0.467 e. The lowest BCUT2D eigenvalue weighted by Gasteiger charge is -2.42. The minimum absolute atomic E-state index is 0.0248. The van der Waals surface area contributed by atoms with Gasteiger partial charge in [0, 0.05) is 69.1 Å². The minimum atomic E-state index is -2.76. The topological polar surface area (TPSA) is 83.8 Å². The molecular weight excluding hydrogens is 506 g/mol. The maximum atomic E-state index is 13.8. The van der Waals surface area contributed by atoms with Crippen LogP contribution in [0.15, 0.2) is 36.7 Å². The van der Waals surface area contributed by atoms with Gasteiger partial charge < -0.3 is 19.1 Å². The van der Waals surface area contributed by atoms with Crippen LogP contribution in [0, 0.1) is 0 Å². The number of alkyl halides is 2. The first-order chi connectivity index (χ1) is 18.8. The number of fused-ring (bicyclic) bond motifs is 1. The second-order valence-electron chi connectivity index (χ2n) is 10.6. The summed E-state index contributed by atoms with van der Waals surface area (Å²) in [7, 11) is 1.47. The molecule has 1 aliphatic carbocycles. The number of nitrogens with zero attached hydrogens (tertiary/aromatic N) is 6. The molecule has 6 rings (SSSR count). The van der Waals surface area contributed by atoms with Crippen molar-refractivity contribution in [1.29, 1.82) is 0 Å². The van der Waals surface area contributed by atoms with Crippen LogP contribution >= 0.6 is 0 Å². The van der Waals surface area contributed by atoms with Crippen LogP contribution < -0.4 is 4.74 Å². The van der Waals surface area contributed by atoms with Crippen LogP contribution in [0.4, 0.5) is 8.78 Å². The van der Waals surface area contributed by atoms with Gasteiger partial charge in [-0.1, -0.05) is 6.42 Å². The summed E-state index contributed by atoms with van der Waals surface area (Å²) >= 11 is 0. The lowest BCUT2D eigenvalue weighted by molar-refractivity contribution is -0.0495. The van der Waals surface area contributed by atoms with E-state index < -0.39 is 5.92 Å². The highest BCUT2D eigenvalue weighted by Crippen LogP contribution is 2.31. The maximum absolute atomic E-state index is 13.8. The van der Waals surface area contributed by atoms with Crippen LogP contribution in [0.1, 0.15) is 53.0 Å². The Balaban J connectivity index is 1.31. The second-order valence-corrected chi connectivity index (χ2v) is 10.6. The van der Waals surface area contributed by atoms with E-state index in [9.17, 15) is 18.4 Å². The van der Waals surface area contributed by atoms with Crippen molar-refractivity contribution in [2.45, 2.75) is 44.1 Å². The van der Waals surface area contributed by atoms with E-state index in [-0.39, 0.29) is 43.8 Å². The van der Waals surface area contributed by atoms with Crippen molar-refractivity contribution >= 4 is 22.7 Å². The van der Waals surface area contributed by atoms with Gasteiger partial charge in [-0.25, -0.2) is 18.7 Å². The Morgan fingerprint density at radius 1 is 0.923 bits per heavy atom. The van der Waals surface area contributed by atoms with Crippen molar-refractivity contribution in [3.8, 4) is 11.7 Å². The number of piperidine rings is 1. The van der Waals surface area contributed by atoms with Gasteiger partial charge in [0.05, 0.1) is 30.7 Å². The van der Waals surface area contributed by atoms with Crippen LogP contribution in [0.25, 0.3) is 16.6 Å². The van der Waals surface area contributed by atoms with Crippen LogP contribution in [-0.4, -0.2) is 99.4 Å². The Hall–Kier alpha value is -3.60. The molecule has 3 fully saturated rings. The quantitative estimate of drug-likeness (QED) is 0.494. The molecule has 0 N–H and O–H groups in total. The predicted octanol–water partition coefficient (Wildman–Crippen LogP) is 3.61. The van der Waals surface area contributed by atoms with Crippen molar-refractivity contribution in [3.05, 3.63) is 47.9 Å². The fraction of sp³-hybridized carbons (Fsp3) is 0.500. The number of hydrogen-bond acceptors (Lipinski definition) is 6. The number of halogens is 2. The number of piperazine rings is 1. The van der Waals surface area contributed by atoms with E-state index in [1.807, 2.05) is 11.0 Å². The SMILES string of the molecule is COc1ncc(-n2c(C(=O)N3CCC(F)(F)CC3)cc3cc(C(=O)N4CCN(C5CCC5)CC4)ccc32)cn1. The number of ether oxygens (including phenoxy) is 1. The highest BCUT2D eigenvalue weighted by molar-refractivity contribution is 6.03. The molecule has 2 amide bonds. The van der Waals surface area contributed by atoms with E-state index in [2.05, 4.69) is 14.9 Å². The molecule has 39 heavy (non-hydrogen) atoms. The molecule has 0 unspecified atom stereocenters. The summed E-state index contributed by atoms with van der Waals surface area (Å²) in [5.74, 6) is -3.14. The smallest absolute Gasteiger partial charge is 0.316 e. The molecule has 9 nitrogen and oxygen atoms in total. The monoisotopic (exact) mass is 538 g/mol. The fourth-order valence-electron chi connectivity index (χ4n) is 5.74. The molecule has 2 aliphatic heterocycles. The largest absolute Gasteiger partial charge is 0.467 e. The van der Waals surface area contributed by atoms with E-state index >= 15 is 0 Å². The highest BCUT2D eigenvalue weighted by Gasteiger charge is 2.37. The number of carbonyl (C=O) groups is 2. The zero-order valence-corrected chi connectivity index (χ0v) is 22.0. The summed E-state index contributed by atoms with van der Waals surface area (Å²) in [6.07, 6.45) is 6.17. The van der Waals surface area contributed by atoms with Crippen molar-refractivity contribution < 1.29 is 23.1 Å². The third-order valence-corrected chi connectivity index (χ3v) is 8.30. The van der Waals surface area contributed by atoms with E-state index in [0.29, 0.717) is 47.0 Å². The number of carbonyl (C=O) groups excluding carboxylic acids is 2. The molecule has 1 saturated carbocycles. The normalized spacial score (nSPS) is 20.2. The Bertz CT molecular complexity index is 1370. The number of likely N-dealkylation sites (tertiary alicyclic amines) is 1. The Labute approximate surface area is 225 Å². The zero-order chi connectivity index (χ0) is 27.1. The van der Waals surface area contributed by atoms with Gasteiger partial charge in [0.15, 0.2) is 0 Å². The number of hydrogen-bond donors (Lipinski definition) is 0. The lowest BCUT2D eigenvalue weighted by Crippen LogP contribution is -2.53. The molecule has 1 aromatic carbocycles. The van der Waals surface area contributed by atoms with Gasteiger partial charge >= 0.3 is 6.01 Å². The average Bonchev–Trinajstić information content (AvgIpc) is 3.30. The maximum Gasteiger partial charge on any atom is 0.316 e. The fourth-order valence-corrected chi connectivity index (χ4v) is 5.74. The van der Waals surface area contributed by atoms with Gasteiger partial charge in [-0.3, -0.25) is 14.5 Å². The number of amides is 2. The number of methoxy groups -OCH3 is 1. The Kier molecular flexibility index (Phi) is 6.70. The van der Waals surface area contributed by atoms with Gasteiger partial charge in [-0.15, -0.1) is 0 Å². The molecule has 0 bridgehead atoms. The van der Waals surface area contributed by atoms with E-state index in [4.69, 9.17) is 4.74 Å². The molecule has 0 atom stereocenters. The summed E-state index contributed by atoms with van der Waals surface area (Å²) in [6.45, 7) is 3.12. The number of benzene rings is 1. The summed E-state index contributed by atoms with van der Waals surface area (Å²) in [5, 5.41) is 0.704. The molecule has 2 saturated heterocycles. The number of aromatic nitrogens is 3. The Morgan fingerprint density at radius 2 is 1.59 bits per heavy atom. The second kappa shape index (κ2) is 10.2. The first kappa shape index (κ1) is 25.7. The van der Waals surface area contributed by atoms with Crippen LogP contribution in [0.2, 0.25) is 0 Å². The molecular formula is C28H32F2N6O3. The van der Waals surface area contributed by atoms with E-state index in [1.54, 1.807) is 35.2 Å². The van der Waals surface area contributed by atoms with Gasteiger partial charge in [-0.05, 0) is 37.1 Å². The van der Waals surface area contributed by atoms with Gasteiger partial charge in [0.2, 0.25) is 0 Å². The first-order valence-electron chi connectivity index (χ1n) is 13.6. The highest BCUT2D eigenvalue weighted by atomic mass is 19.3. The molecule has 2 aromatic heterocycles. The number of rotatable bonds is 5. The van der Waals surface area contributed by atoms with Crippen molar-refractivity contribution in [2.24, 2.45) is 0 Å². The first-order valence-corrected chi connectivity index (χ1v) is 13.6. The zero-order valence-electron chi connectivity index (χ0n) is 22.0. The lowest BCUT2D eigenvalue weighted by atomic mass is 9.91. The predicted molar refractivity (Wildman–Crippen MR) is 141 cm³/mol. The third-order valence-electron chi connectivity index (χ3n) is 8.30. The molecule has 0 radical (unpaired) electrons. The van der Waals surface area contributed by atoms with Crippen molar-refractivity contribution in [1.82, 2.24) is 29.2 Å². The third kappa shape index (κ3) is 4.95. The van der Waals surface area contributed by atoms with Crippen LogP contribution in [-0.2, 0) is 0 Å². The average molecular weight is 539 g/mol. The van der Waals surface area contributed by atoms with Gasteiger partial charge in [-0.2, -0.15) is 0 Å². The molecule has 11 heteroatoms. The van der Waals surface area contributed by atoms with E-state index in [0.717, 1.165) is 13.1 Å². The van der Waals surface area contributed by atoms with Gasteiger partial charge in [0.25, 0.3) is 17.7 Å². The van der Waals surface area contributed by atoms with Crippen molar-refractivity contribution in [3.63, 3.8) is 0 Å². The standard InChI is InChI=1S/C28H32F2N6O3/c1-39-27-31-17-22(18-32-27)36-23-6-5-19(25(37)35-13-11-33(12-14-35)21-3-2-4-21)15-20(23)16-24(36)26(38)34-9-7-28(29,30)8-10-34/h5-6,15-18,21H,2-4,7-14H2,1H3. The van der Waals surface area contributed by atoms with E-state index in [1.165, 1.54) is 31.3 Å². The van der Waals surface area contributed by atoms with Crippen LogP contribution in [0.3, 0.4) is 0 Å². The van der Waals surface area contributed by atoms with Gasteiger partial charge in [0.1, 0.15) is 5.69 Å². The summed E-state index contributed by atoms with van der Waals surface area (Å²) in [6, 6.07) is 7.98. The molecule has 4 heterocycles. The molecule has 3 aromatic rings. The Morgan fingerprint density at radius 3 is 2.21 bits per heavy atom. The molecule has 0 spiro atoms. The molecule has 206 valence electrons. The van der Waals surface area contributed by atoms with Crippen LogP contribution in [0.5, 0.6) is 6.01 Å². The summed E-state index contributed by atoms with van der Waals surface area (Å²) in [4.78, 5) is 41.2. The summed E-state index contributed by atoms with van der Waals surface area (Å²) in [5.41, 5.74) is 2.09. The molecule has 3 aliphatic rings. The summed E-state index contributed by atoms with van der Waals surface area (Å²) < 4.78 is 34.3.